The number of hydrogen-bond acceptors (Lipinski definition) is 4. The van der Waals surface area contributed by atoms with Crippen LogP contribution in [0.4, 0.5) is 11.4 Å². The topological polar surface area (TPSA) is 82.0 Å². The maximum atomic E-state index is 12.9. The van der Waals surface area contributed by atoms with E-state index in [0.29, 0.717) is 11.4 Å². The van der Waals surface area contributed by atoms with Gasteiger partial charge in [-0.05, 0) is 55.1 Å². The third-order valence-corrected chi connectivity index (χ3v) is 5.16. The van der Waals surface area contributed by atoms with Crippen molar-refractivity contribution in [2.45, 2.75) is 12.5 Å². The number of carboxylic acids is 1. The molecule has 6 nitrogen and oxygen atoms in total. The summed E-state index contributed by atoms with van der Waals surface area (Å²) in [5.74, 6) is -1.87. The highest BCUT2D eigenvalue weighted by molar-refractivity contribution is 6.24. The molecule has 1 atom stereocenters. The average Bonchev–Trinajstić information content (AvgIpc) is 3.08. The Bertz CT molecular complexity index is 1150. The molecule has 0 radical (unpaired) electrons. The van der Waals surface area contributed by atoms with Crippen LogP contribution in [-0.4, -0.2) is 41.7 Å². The monoisotopic (exact) mass is 413 g/mol. The van der Waals surface area contributed by atoms with Crippen LogP contribution in [-0.2, 0) is 11.3 Å². The van der Waals surface area contributed by atoms with E-state index in [4.69, 9.17) is 4.99 Å². The van der Waals surface area contributed by atoms with Crippen LogP contribution >= 0.6 is 0 Å². The number of rotatable bonds is 6. The van der Waals surface area contributed by atoms with E-state index in [9.17, 15) is 14.7 Å². The number of nitrogens with one attached hydrogen (secondary N) is 1. The Labute approximate surface area is 180 Å². The van der Waals surface area contributed by atoms with Crippen LogP contribution in [0.2, 0.25) is 0 Å². The minimum absolute atomic E-state index is 0.134. The van der Waals surface area contributed by atoms with Gasteiger partial charge in [0.25, 0.3) is 0 Å². The third kappa shape index (κ3) is 4.39. The van der Waals surface area contributed by atoms with Crippen LogP contribution < -0.4 is 5.32 Å². The summed E-state index contributed by atoms with van der Waals surface area (Å²) in [4.78, 5) is 31.2. The van der Waals surface area contributed by atoms with E-state index in [1.54, 1.807) is 6.07 Å². The van der Waals surface area contributed by atoms with E-state index in [-0.39, 0.29) is 11.5 Å². The SMILES string of the molecule is CN(C)Cc1ccc(N=C(c2ccccc2)C2C(=O)Nc3cc(C(=O)O)ccc32)cc1. The van der Waals surface area contributed by atoms with Crippen molar-refractivity contribution in [3.05, 3.63) is 95.1 Å². The van der Waals surface area contributed by atoms with Gasteiger partial charge < -0.3 is 15.3 Å². The summed E-state index contributed by atoms with van der Waals surface area (Å²) in [7, 11) is 4.04. The Morgan fingerprint density at radius 2 is 1.71 bits per heavy atom. The molecule has 6 heteroatoms. The van der Waals surface area contributed by atoms with E-state index < -0.39 is 11.9 Å². The zero-order chi connectivity index (χ0) is 22.0. The molecule has 1 aliphatic rings. The average molecular weight is 413 g/mol. The molecule has 1 heterocycles. The predicted octanol–water partition coefficient (Wildman–Crippen LogP) is 4.30. The van der Waals surface area contributed by atoms with Gasteiger partial charge in [0.15, 0.2) is 0 Å². The van der Waals surface area contributed by atoms with E-state index >= 15 is 0 Å². The summed E-state index contributed by atoms with van der Waals surface area (Å²) >= 11 is 0. The molecule has 3 aromatic rings. The molecule has 0 fully saturated rings. The lowest BCUT2D eigenvalue weighted by molar-refractivity contribution is -0.115. The van der Waals surface area contributed by atoms with Crippen LogP contribution in [0.1, 0.15) is 33.0 Å². The third-order valence-electron chi connectivity index (χ3n) is 5.16. The number of nitrogens with zero attached hydrogens (tertiary/aromatic N) is 2. The Balaban J connectivity index is 1.78. The lowest BCUT2D eigenvalue weighted by Crippen LogP contribution is -2.21. The zero-order valence-electron chi connectivity index (χ0n) is 17.4. The van der Waals surface area contributed by atoms with Gasteiger partial charge in [-0.3, -0.25) is 9.79 Å². The van der Waals surface area contributed by atoms with Crippen molar-refractivity contribution in [3.8, 4) is 0 Å². The first-order valence-electron chi connectivity index (χ1n) is 9.98. The normalized spacial score (nSPS) is 15.6. The summed E-state index contributed by atoms with van der Waals surface area (Å²) in [6.45, 7) is 0.833. The summed E-state index contributed by atoms with van der Waals surface area (Å²) in [6, 6.07) is 22.3. The van der Waals surface area contributed by atoms with Crippen molar-refractivity contribution in [2.24, 2.45) is 4.99 Å². The first-order valence-corrected chi connectivity index (χ1v) is 9.98. The van der Waals surface area contributed by atoms with Crippen molar-refractivity contribution in [2.75, 3.05) is 19.4 Å². The van der Waals surface area contributed by atoms with Gasteiger partial charge in [-0.2, -0.15) is 0 Å². The molecule has 0 aliphatic carbocycles. The largest absolute Gasteiger partial charge is 0.478 e. The maximum Gasteiger partial charge on any atom is 0.335 e. The Kier molecular flexibility index (Phi) is 5.64. The molecule has 156 valence electrons. The van der Waals surface area contributed by atoms with Gasteiger partial charge in [-0.25, -0.2) is 4.79 Å². The molecule has 1 amide bonds. The number of fused-ring (bicyclic) bond motifs is 1. The number of aromatic carboxylic acids is 1. The predicted molar refractivity (Wildman–Crippen MR) is 121 cm³/mol. The Morgan fingerprint density at radius 3 is 2.35 bits per heavy atom. The van der Waals surface area contributed by atoms with Crippen molar-refractivity contribution < 1.29 is 14.7 Å². The summed E-state index contributed by atoms with van der Waals surface area (Å²) in [5, 5.41) is 12.1. The number of carbonyl (C=O) groups excluding carboxylic acids is 1. The Morgan fingerprint density at radius 1 is 1.00 bits per heavy atom. The van der Waals surface area contributed by atoms with E-state index in [0.717, 1.165) is 23.4 Å². The summed E-state index contributed by atoms with van der Waals surface area (Å²) in [5.41, 5.74) is 4.77. The highest BCUT2D eigenvalue weighted by Gasteiger charge is 2.35. The smallest absolute Gasteiger partial charge is 0.335 e. The quantitative estimate of drug-likeness (QED) is 0.590. The lowest BCUT2D eigenvalue weighted by atomic mass is 9.90. The summed E-state index contributed by atoms with van der Waals surface area (Å²) < 4.78 is 0. The molecule has 31 heavy (non-hydrogen) atoms. The van der Waals surface area contributed by atoms with Crippen molar-refractivity contribution in [1.82, 2.24) is 4.90 Å². The minimum Gasteiger partial charge on any atom is -0.478 e. The number of hydrogen-bond donors (Lipinski definition) is 2. The van der Waals surface area contributed by atoms with Crippen LogP contribution in [0.3, 0.4) is 0 Å². The molecule has 0 saturated heterocycles. The number of carbonyl (C=O) groups is 2. The molecule has 1 aliphatic heterocycles. The molecule has 0 spiro atoms. The molecule has 1 unspecified atom stereocenters. The standard InChI is InChI=1S/C25H23N3O3/c1-28(2)15-16-8-11-19(12-9-16)26-23(17-6-4-3-5-7-17)22-20-13-10-18(25(30)31)14-21(20)27-24(22)29/h3-14,22H,15H2,1-2H3,(H,27,29)(H,30,31). The second-order valence-corrected chi connectivity index (χ2v) is 7.80. The second-order valence-electron chi connectivity index (χ2n) is 7.80. The fraction of sp³-hybridized carbons (Fsp3) is 0.160. The van der Waals surface area contributed by atoms with Crippen molar-refractivity contribution in [3.63, 3.8) is 0 Å². The van der Waals surface area contributed by atoms with E-state index in [1.807, 2.05) is 68.7 Å². The summed E-state index contributed by atoms with van der Waals surface area (Å²) in [6.07, 6.45) is 0. The van der Waals surface area contributed by atoms with E-state index in [1.165, 1.54) is 17.7 Å². The number of amides is 1. The van der Waals surface area contributed by atoms with Crippen LogP contribution in [0.25, 0.3) is 0 Å². The van der Waals surface area contributed by atoms with Gasteiger partial charge in [0.05, 0.1) is 17.0 Å². The molecule has 0 aromatic heterocycles. The molecule has 2 N–H and O–H groups in total. The van der Waals surface area contributed by atoms with Gasteiger partial charge >= 0.3 is 5.97 Å². The number of carboxylic acid groups (broad SMARTS) is 1. The minimum atomic E-state index is -1.03. The fourth-order valence-electron chi connectivity index (χ4n) is 3.75. The van der Waals surface area contributed by atoms with Crippen molar-refractivity contribution >= 4 is 29.0 Å². The van der Waals surface area contributed by atoms with Crippen LogP contribution in [0.5, 0.6) is 0 Å². The molecule has 0 saturated carbocycles. The maximum absolute atomic E-state index is 12.9. The highest BCUT2D eigenvalue weighted by atomic mass is 16.4. The van der Waals surface area contributed by atoms with E-state index in [2.05, 4.69) is 10.2 Å². The molecule has 0 bridgehead atoms. The van der Waals surface area contributed by atoms with Gasteiger partial charge in [0.2, 0.25) is 5.91 Å². The highest BCUT2D eigenvalue weighted by Crippen LogP contribution is 2.37. The molecule has 4 rings (SSSR count). The van der Waals surface area contributed by atoms with Crippen molar-refractivity contribution in [1.29, 1.82) is 0 Å². The van der Waals surface area contributed by atoms with Gasteiger partial charge in [-0.1, -0.05) is 48.5 Å². The molecular weight excluding hydrogens is 390 g/mol. The molecular formula is C25H23N3O3. The second kappa shape index (κ2) is 8.53. The first kappa shape index (κ1) is 20.5. The molecule has 3 aromatic carbocycles. The van der Waals surface area contributed by atoms with Gasteiger partial charge in [0, 0.05) is 12.2 Å². The number of aliphatic imine (C=N–C) groups is 1. The van der Waals surface area contributed by atoms with Gasteiger partial charge in [0.1, 0.15) is 5.92 Å². The zero-order valence-corrected chi connectivity index (χ0v) is 17.4. The fourth-order valence-corrected chi connectivity index (χ4v) is 3.75. The van der Waals surface area contributed by atoms with Crippen LogP contribution in [0, 0.1) is 0 Å². The first-order chi connectivity index (χ1) is 14.9. The number of anilines is 1. The van der Waals surface area contributed by atoms with Gasteiger partial charge in [-0.15, -0.1) is 0 Å². The lowest BCUT2D eigenvalue weighted by Gasteiger charge is -2.14. The number of benzene rings is 3. The van der Waals surface area contributed by atoms with Crippen LogP contribution in [0.15, 0.2) is 77.8 Å². The Hall–Kier alpha value is -3.77.